The monoisotopic (exact) mass is 303 g/mol. The van der Waals surface area contributed by atoms with Crippen LogP contribution >= 0.6 is 23.1 Å². The van der Waals surface area contributed by atoms with Gasteiger partial charge < -0.3 is 14.7 Å². The van der Waals surface area contributed by atoms with Crippen molar-refractivity contribution in [3.63, 3.8) is 0 Å². The van der Waals surface area contributed by atoms with Crippen molar-refractivity contribution in [2.24, 2.45) is 5.92 Å². The molecule has 1 saturated heterocycles. The molecule has 1 N–H and O–H groups in total. The molecule has 2 rings (SSSR count). The molecule has 8 heteroatoms. The largest absolute Gasteiger partial charge is 0.481 e. The van der Waals surface area contributed by atoms with Crippen LogP contribution in [-0.4, -0.2) is 53.8 Å². The Morgan fingerprint density at radius 3 is 2.95 bits per heavy atom. The normalized spacial score (nSPS) is 16.5. The summed E-state index contributed by atoms with van der Waals surface area (Å²) in [6.07, 6.45) is 2.17. The molecule has 0 radical (unpaired) electrons. The van der Waals surface area contributed by atoms with Gasteiger partial charge in [0.2, 0.25) is 5.13 Å². The third-order valence-corrected chi connectivity index (χ3v) is 5.07. The Hall–Kier alpha value is -0.860. The van der Waals surface area contributed by atoms with Crippen molar-refractivity contribution in [1.29, 1.82) is 0 Å². The van der Waals surface area contributed by atoms with E-state index in [1.165, 1.54) is 23.1 Å². The summed E-state index contributed by atoms with van der Waals surface area (Å²) in [5.41, 5.74) is 0. The summed E-state index contributed by atoms with van der Waals surface area (Å²) in [5.74, 6) is -0.173. The van der Waals surface area contributed by atoms with Gasteiger partial charge >= 0.3 is 5.97 Å². The molecule has 1 aliphatic heterocycles. The summed E-state index contributed by atoms with van der Waals surface area (Å²) in [6, 6.07) is 0. The van der Waals surface area contributed by atoms with Crippen molar-refractivity contribution < 1.29 is 14.6 Å². The fraction of sp³-hybridized carbons (Fsp3) is 0.727. The van der Waals surface area contributed by atoms with E-state index >= 15 is 0 Å². The quantitative estimate of drug-likeness (QED) is 0.799. The van der Waals surface area contributed by atoms with E-state index in [-0.39, 0.29) is 5.75 Å². The van der Waals surface area contributed by atoms with Gasteiger partial charge in [-0.2, -0.15) is 0 Å². The third-order valence-electron chi connectivity index (χ3n) is 2.91. The Kier molecular flexibility index (Phi) is 5.41. The summed E-state index contributed by atoms with van der Waals surface area (Å²) >= 11 is 2.66. The minimum absolute atomic E-state index is 0.0261. The second-order valence-corrected chi connectivity index (χ2v) is 6.65. The lowest BCUT2D eigenvalue weighted by Gasteiger charge is -2.26. The molecular weight excluding hydrogens is 286 g/mol. The van der Waals surface area contributed by atoms with Crippen LogP contribution in [0.3, 0.4) is 0 Å². The molecule has 106 valence electrons. The predicted octanol–water partition coefficient (Wildman–Crippen LogP) is 1.58. The van der Waals surface area contributed by atoms with Crippen molar-refractivity contribution in [3.05, 3.63) is 0 Å². The van der Waals surface area contributed by atoms with Gasteiger partial charge in [-0.3, -0.25) is 4.79 Å². The SMILES string of the molecule is CN(CC1CCOCC1)c1nnc(SCC(=O)O)s1. The zero-order chi connectivity index (χ0) is 13.7. The molecule has 1 fully saturated rings. The maximum Gasteiger partial charge on any atom is 0.313 e. The number of aliphatic carboxylic acids is 1. The van der Waals surface area contributed by atoms with Crippen molar-refractivity contribution in [3.8, 4) is 0 Å². The van der Waals surface area contributed by atoms with Crippen molar-refractivity contribution in [1.82, 2.24) is 10.2 Å². The van der Waals surface area contributed by atoms with Crippen molar-refractivity contribution in [2.75, 3.05) is 37.5 Å². The zero-order valence-corrected chi connectivity index (χ0v) is 12.4. The molecule has 2 heterocycles. The van der Waals surface area contributed by atoms with Gasteiger partial charge in [0.1, 0.15) is 0 Å². The van der Waals surface area contributed by atoms with Crippen LogP contribution in [0.2, 0.25) is 0 Å². The number of hydrogen-bond acceptors (Lipinski definition) is 7. The van der Waals surface area contributed by atoms with Crippen LogP contribution in [0.1, 0.15) is 12.8 Å². The van der Waals surface area contributed by atoms with E-state index in [1.54, 1.807) is 0 Å². The first-order chi connectivity index (χ1) is 9.15. The van der Waals surface area contributed by atoms with Crippen LogP contribution < -0.4 is 4.90 Å². The molecule has 0 aromatic carbocycles. The predicted molar refractivity (Wildman–Crippen MR) is 75.1 cm³/mol. The molecule has 0 unspecified atom stereocenters. The number of nitrogens with zero attached hydrogens (tertiary/aromatic N) is 3. The molecule has 6 nitrogen and oxygen atoms in total. The summed E-state index contributed by atoms with van der Waals surface area (Å²) < 4.78 is 6.05. The van der Waals surface area contributed by atoms with E-state index in [9.17, 15) is 4.79 Å². The van der Waals surface area contributed by atoms with E-state index in [0.717, 1.165) is 37.7 Å². The molecule has 1 aliphatic rings. The highest BCUT2D eigenvalue weighted by Crippen LogP contribution is 2.28. The number of rotatable bonds is 6. The number of carbonyl (C=O) groups is 1. The lowest BCUT2D eigenvalue weighted by molar-refractivity contribution is -0.133. The smallest absolute Gasteiger partial charge is 0.313 e. The maximum absolute atomic E-state index is 10.5. The number of hydrogen-bond donors (Lipinski definition) is 1. The number of ether oxygens (including phenoxy) is 1. The second-order valence-electron chi connectivity index (χ2n) is 4.47. The Morgan fingerprint density at radius 2 is 2.26 bits per heavy atom. The number of carboxylic acid groups (broad SMARTS) is 1. The molecule has 1 aromatic heterocycles. The average molecular weight is 303 g/mol. The van der Waals surface area contributed by atoms with Crippen LogP contribution in [0, 0.1) is 5.92 Å². The Morgan fingerprint density at radius 1 is 1.53 bits per heavy atom. The second kappa shape index (κ2) is 7.06. The average Bonchev–Trinajstić information content (AvgIpc) is 2.86. The van der Waals surface area contributed by atoms with E-state index in [0.29, 0.717) is 10.3 Å². The minimum atomic E-state index is -0.836. The lowest BCUT2D eigenvalue weighted by Crippen LogP contribution is -2.29. The lowest BCUT2D eigenvalue weighted by atomic mass is 10.0. The highest BCUT2D eigenvalue weighted by Gasteiger charge is 2.18. The number of anilines is 1. The minimum Gasteiger partial charge on any atom is -0.481 e. The van der Waals surface area contributed by atoms with Gasteiger partial charge in [-0.25, -0.2) is 0 Å². The standard InChI is InChI=1S/C11H17N3O3S2/c1-14(6-8-2-4-17-5-3-8)10-12-13-11(19-10)18-7-9(15)16/h8H,2-7H2,1H3,(H,15,16). The maximum atomic E-state index is 10.5. The van der Waals surface area contributed by atoms with Gasteiger partial charge in [0, 0.05) is 26.8 Å². The summed E-state index contributed by atoms with van der Waals surface area (Å²) in [4.78, 5) is 12.6. The molecule has 0 atom stereocenters. The molecular formula is C11H17N3O3S2. The molecule has 0 aliphatic carbocycles. The molecule has 0 bridgehead atoms. The summed E-state index contributed by atoms with van der Waals surface area (Å²) in [6.45, 7) is 2.63. The van der Waals surface area contributed by atoms with Crippen molar-refractivity contribution >= 4 is 34.2 Å². The fourth-order valence-electron chi connectivity index (χ4n) is 1.93. The Bertz CT molecular complexity index is 421. The van der Waals surface area contributed by atoms with Crippen LogP contribution in [0.5, 0.6) is 0 Å². The van der Waals surface area contributed by atoms with Gasteiger partial charge in [-0.1, -0.05) is 23.1 Å². The van der Waals surface area contributed by atoms with E-state index in [2.05, 4.69) is 15.1 Å². The van der Waals surface area contributed by atoms with Crippen LogP contribution in [-0.2, 0) is 9.53 Å². The molecule has 0 saturated carbocycles. The van der Waals surface area contributed by atoms with Crippen LogP contribution in [0.4, 0.5) is 5.13 Å². The Labute approximate surface area is 120 Å². The van der Waals surface area contributed by atoms with E-state index < -0.39 is 5.97 Å². The summed E-state index contributed by atoms with van der Waals surface area (Å²) in [7, 11) is 2.00. The first-order valence-electron chi connectivity index (χ1n) is 6.12. The number of aromatic nitrogens is 2. The first kappa shape index (κ1) is 14.5. The van der Waals surface area contributed by atoms with Gasteiger partial charge in [0.05, 0.1) is 5.75 Å². The van der Waals surface area contributed by atoms with Crippen molar-refractivity contribution in [2.45, 2.75) is 17.2 Å². The highest BCUT2D eigenvalue weighted by molar-refractivity contribution is 8.01. The highest BCUT2D eigenvalue weighted by atomic mass is 32.2. The molecule has 0 spiro atoms. The first-order valence-corrected chi connectivity index (χ1v) is 7.92. The van der Waals surface area contributed by atoms with Gasteiger partial charge in [0.25, 0.3) is 0 Å². The van der Waals surface area contributed by atoms with Gasteiger partial charge in [-0.15, -0.1) is 10.2 Å². The van der Waals surface area contributed by atoms with E-state index in [4.69, 9.17) is 9.84 Å². The summed E-state index contributed by atoms with van der Waals surface area (Å²) in [5, 5.41) is 17.6. The molecule has 19 heavy (non-hydrogen) atoms. The van der Waals surface area contributed by atoms with E-state index in [1.807, 2.05) is 7.05 Å². The topological polar surface area (TPSA) is 75.5 Å². The fourth-order valence-corrected chi connectivity index (χ4v) is 3.46. The van der Waals surface area contributed by atoms with Crippen LogP contribution in [0.25, 0.3) is 0 Å². The number of carboxylic acids is 1. The third kappa shape index (κ3) is 4.63. The zero-order valence-electron chi connectivity index (χ0n) is 10.7. The number of thioether (sulfide) groups is 1. The van der Waals surface area contributed by atoms with Gasteiger partial charge in [-0.05, 0) is 18.8 Å². The Balaban J connectivity index is 1.84. The van der Waals surface area contributed by atoms with Gasteiger partial charge in [0.15, 0.2) is 4.34 Å². The molecule has 0 amide bonds. The van der Waals surface area contributed by atoms with Crippen LogP contribution in [0.15, 0.2) is 4.34 Å². The molecule has 1 aromatic rings.